The van der Waals surface area contributed by atoms with E-state index in [0.29, 0.717) is 0 Å². The van der Waals surface area contributed by atoms with E-state index < -0.39 is 27.5 Å². The lowest BCUT2D eigenvalue weighted by Crippen LogP contribution is -2.20. The summed E-state index contributed by atoms with van der Waals surface area (Å²) in [7, 11) is -5.61. The van der Waals surface area contributed by atoms with E-state index in [0.717, 1.165) is 5.40 Å². The molecule has 0 saturated carbocycles. The van der Waals surface area contributed by atoms with Gasteiger partial charge in [0.2, 0.25) is 0 Å². The van der Waals surface area contributed by atoms with Crippen LogP contribution in [0.4, 0.5) is 13.2 Å². The van der Waals surface area contributed by atoms with Crippen LogP contribution in [-0.4, -0.2) is 19.9 Å². The summed E-state index contributed by atoms with van der Waals surface area (Å²) in [5.74, 6) is -0.782. The summed E-state index contributed by atoms with van der Waals surface area (Å²) in [6.07, 6.45) is -1.43. The first-order chi connectivity index (χ1) is 8.72. The third kappa shape index (κ3) is 2.39. The van der Waals surface area contributed by atoms with Gasteiger partial charge in [-0.1, -0.05) is 12.1 Å². The highest BCUT2D eigenvalue weighted by Gasteiger charge is 2.50. The molecule has 1 aliphatic heterocycles. The molecule has 5 nitrogen and oxygen atoms in total. The van der Waals surface area contributed by atoms with Crippen LogP contribution in [0.2, 0.25) is 0 Å². The zero-order chi connectivity index (χ0) is 14.3. The van der Waals surface area contributed by atoms with Gasteiger partial charge in [-0.25, -0.2) is 4.79 Å². The minimum absolute atomic E-state index is 0.127. The maximum Gasteiger partial charge on any atom is 0.515 e. The Bertz CT molecular complexity index is 699. The monoisotopic (exact) mass is 292 g/mol. The Morgan fingerprint density at radius 2 is 1.89 bits per heavy atom. The predicted molar refractivity (Wildman–Crippen MR) is 56.8 cm³/mol. The molecule has 0 bridgehead atoms. The van der Waals surface area contributed by atoms with E-state index in [2.05, 4.69) is 9.58 Å². The number of benzene rings is 1. The van der Waals surface area contributed by atoms with Crippen molar-refractivity contribution in [1.29, 1.82) is 0 Å². The molecule has 0 saturated heterocycles. The fraction of sp³-hybridized carbons (Fsp3) is 0.200. The Balaban J connectivity index is 2.37. The number of esters is 1. The second-order valence-corrected chi connectivity index (χ2v) is 5.17. The highest BCUT2D eigenvalue weighted by atomic mass is 32.2. The SMILES string of the molecule is O=C1OC([N+]#CS(=O)(=O)C(F)(F)F)c2ccccc21. The number of thiocyanates is 1. The number of hydrogen-bond acceptors (Lipinski definition) is 4. The molecule has 0 amide bonds. The molecule has 19 heavy (non-hydrogen) atoms. The van der Waals surface area contributed by atoms with Gasteiger partial charge in [-0.3, -0.25) is 0 Å². The van der Waals surface area contributed by atoms with Crippen LogP contribution in [0.15, 0.2) is 24.3 Å². The predicted octanol–water partition coefficient (Wildman–Crippen LogP) is 2.08. The van der Waals surface area contributed by atoms with E-state index in [9.17, 15) is 26.4 Å². The Hall–Kier alpha value is -2.08. The van der Waals surface area contributed by atoms with E-state index in [4.69, 9.17) is 0 Å². The largest absolute Gasteiger partial charge is 0.515 e. The number of nitrogens with zero attached hydrogens (tertiary/aromatic N) is 1. The van der Waals surface area contributed by atoms with Gasteiger partial charge in [0.1, 0.15) is 0 Å². The van der Waals surface area contributed by atoms with Crippen molar-refractivity contribution in [1.82, 2.24) is 0 Å². The number of sulfone groups is 1. The van der Waals surface area contributed by atoms with Crippen LogP contribution in [-0.2, 0) is 14.6 Å². The number of halogens is 3. The normalized spacial score (nSPS) is 18.3. The zero-order valence-corrected chi connectivity index (χ0v) is 9.83. The number of ether oxygens (including phenoxy) is 1. The van der Waals surface area contributed by atoms with Crippen molar-refractivity contribution in [2.75, 3.05) is 0 Å². The number of cyclic esters (lactones) is 1. The van der Waals surface area contributed by atoms with E-state index in [1.165, 1.54) is 24.3 Å². The van der Waals surface area contributed by atoms with Gasteiger partial charge in [0, 0.05) is 0 Å². The molecular formula is C10H5F3NO4S+. The minimum atomic E-state index is -5.61. The van der Waals surface area contributed by atoms with Crippen molar-refractivity contribution in [3.05, 3.63) is 40.2 Å². The average Bonchev–Trinajstić information content (AvgIpc) is 2.63. The summed E-state index contributed by atoms with van der Waals surface area (Å²) in [6.45, 7) is 0. The molecule has 1 unspecified atom stereocenters. The van der Waals surface area contributed by atoms with Gasteiger partial charge >= 0.3 is 32.9 Å². The number of carbonyl (C=O) groups is 1. The lowest BCUT2D eigenvalue weighted by atomic mass is 10.1. The highest BCUT2D eigenvalue weighted by Crippen LogP contribution is 2.32. The number of carbonyl (C=O) groups excluding carboxylic acids is 1. The molecule has 0 N–H and O–H groups in total. The third-order valence-corrected chi connectivity index (χ3v) is 3.22. The van der Waals surface area contributed by atoms with Gasteiger partial charge in [-0.05, 0) is 17.0 Å². The molecule has 1 atom stereocenters. The van der Waals surface area contributed by atoms with Crippen molar-refractivity contribution < 1.29 is 31.1 Å². The minimum Gasteiger partial charge on any atom is -0.381 e. The van der Waals surface area contributed by atoms with E-state index in [-0.39, 0.29) is 11.1 Å². The van der Waals surface area contributed by atoms with Crippen LogP contribution in [0.5, 0.6) is 0 Å². The Kier molecular flexibility index (Phi) is 2.98. The number of alkyl halides is 3. The molecule has 0 aromatic heterocycles. The first-order valence-electron chi connectivity index (χ1n) is 4.80. The standard InChI is InChI=1S/C10H5F3NO4S/c11-10(12,13)19(16,17)5-14-8-6-3-1-2-4-7(6)9(15)18-8/h1-4,8H/q+1. The van der Waals surface area contributed by atoms with Crippen LogP contribution in [0.3, 0.4) is 0 Å². The number of hydrogen-bond donors (Lipinski definition) is 0. The van der Waals surface area contributed by atoms with E-state index in [1.54, 1.807) is 0 Å². The number of rotatable bonds is 0. The molecule has 1 aliphatic rings. The molecule has 1 aromatic rings. The first-order valence-corrected chi connectivity index (χ1v) is 6.28. The topological polar surface area (TPSA) is 64.8 Å². The van der Waals surface area contributed by atoms with Gasteiger partial charge in [0.25, 0.3) is 0 Å². The van der Waals surface area contributed by atoms with Crippen molar-refractivity contribution in [3.63, 3.8) is 0 Å². The van der Waals surface area contributed by atoms with E-state index in [1.807, 2.05) is 0 Å². The quantitative estimate of drug-likeness (QED) is 0.417. The second-order valence-electron chi connectivity index (χ2n) is 3.51. The lowest BCUT2D eigenvalue weighted by Gasteiger charge is -1.95. The first kappa shape index (κ1) is 13.4. The summed E-state index contributed by atoms with van der Waals surface area (Å²) >= 11 is 0. The summed E-state index contributed by atoms with van der Waals surface area (Å²) in [5, 5.41) is 0.997. The Morgan fingerprint density at radius 1 is 1.26 bits per heavy atom. The fourth-order valence-corrected chi connectivity index (χ4v) is 1.73. The van der Waals surface area contributed by atoms with Crippen LogP contribution in [0, 0.1) is 5.40 Å². The maximum atomic E-state index is 12.1. The average molecular weight is 292 g/mol. The molecule has 2 rings (SSSR count). The zero-order valence-electron chi connectivity index (χ0n) is 9.01. The van der Waals surface area contributed by atoms with Gasteiger partial charge in [0.05, 0.1) is 11.1 Å². The molecule has 1 heterocycles. The van der Waals surface area contributed by atoms with Crippen LogP contribution >= 0.6 is 0 Å². The molecule has 1 aromatic carbocycles. The van der Waals surface area contributed by atoms with Crippen LogP contribution in [0.25, 0.3) is 4.85 Å². The van der Waals surface area contributed by atoms with Gasteiger partial charge in [-0.2, -0.15) is 21.6 Å². The smallest absolute Gasteiger partial charge is 0.381 e. The van der Waals surface area contributed by atoms with Crippen molar-refractivity contribution in [2.45, 2.75) is 11.7 Å². The fourth-order valence-electron chi connectivity index (χ4n) is 1.39. The molecule has 0 radical (unpaired) electrons. The van der Waals surface area contributed by atoms with Crippen molar-refractivity contribution in [2.24, 2.45) is 0 Å². The van der Waals surface area contributed by atoms with Crippen molar-refractivity contribution >= 4 is 15.8 Å². The maximum absolute atomic E-state index is 12.1. The summed E-state index contributed by atoms with van der Waals surface area (Å²) in [5.41, 5.74) is -5.17. The summed E-state index contributed by atoms with van der Waals surface area (Å²) in [4.78, 5) is 14.4. The van der Waals surface area contributed by atoms with Gasteiger partial charge in [-0.15, -0.1) is 0 Å². The molecule has 0 fully saturated rings. The van der Waals surface area contributed by atoms with Crippen LogP contribution in [0.1, 0.15) is 22.1 Å². The second kappa shape index (κ2) is 4.24. The molecule has 0 spiro atoms. The van der Waals surface area contributed by atoms with Crippen LogP contribution < -0.4 is 0 Å². The van der Waals surface area contributed by atoms with Gasteiger partial charge < -0.3 is 4.74 Å². The van der Waals surface area contributed by atoms with E-state index >= 15 is 0 Å². The molecule has 0 aliphatic carbocycles. The molecule has 9 heteroatoms. The molecule has 100 valence electrons. The highest BCUT2D eigenvalue weighted by molar-refractivity contribution is 7.96. The van der Waals surface area contributed by atoms with Crippen molar-refractivity contribution in [3.8, 4) is 5.40 Å². The van der Waals surface area contributed by atoms with Gasteiger partial charge in [0.15, 0.2) is 0 Å². The summed E-state index contributed by atoms with van der Waals surface area (Å²) < 4.78 is 62.3. The number of fused-ring (bicyclic) bond motifs is 1. The summed E-state index contributed by atoms with van der Waals surface area (Å²) in [6, 6.07) is 5.84. The Morgan fingerprint density at radius 3 is 2.53 bits per heavy atom. The Labute approximate surface area is 105 Å². The lowest BCUT2D eigenvalue weighted by molar-refractivity contribution is -0.0420. The molecular weight excluding hydrogens is 287 g/mol. The third-order valence-electron chi connectivity index (χ3n) is 2.26.